The Hall–Kier alpha value is -3.49. The molecule has 0 amide bonds. The molecule has 1 heterocycles. The average molecular weight is 390 g/mol. The van der Waals surface area contributed by atoms with Crippen LogP contribution in [0.2, 0.25) is 0 Å². The van der Waals surface area contributed by atoms with Gasteiger partial charge in [-0.15, -0.1) is 0 Å². The number of hydrogen-bond acceptors (Lipinski definition) is 6. The lowest BCUT2D eigenvalue weighted by Crippen LogP contribution is -2.24. The van der Waals surface area contributed by atoms with Gasteiger partial charge in [0.2, 0.25) is 0 Å². The second-order valence-corrected chi connectivity index (χ2v) is 6.03. The number of anilines is 1. The second-order valence-electron chi connectivity index (χ2n) is 6.03. The van der Waals surface area contributed by atoms with E-state index in [1.165, 1.54) is 12.1 Å². The highest BCUT2D eigenvalue weighted by Crippen LogP contribution is 2.36. The monoisotopic (exact) mass is 390 g/mol. The van der Waals surface area contributed by atoms with Crippen molar-refractivity contribution in [2.45, 2.75) is 33.3 Å². The first kappa shape index (κ1) is 20.8. The Balaban J connectivity index is 2.80. The van der Waals surface area contributed by atoms with Crippen molar-refractivity contribution in [2.24, 2.45) is 0 Å². The highest BCUT2D eigenvalue weighted by molar-refractivity contribution is 6.07. The van der Waals surface area contributed by atoms with Gasteiger partial charge in [-0.05, 0) is 38.0 Å². The molecule has 0 aliphatic rings. The molecule has 1 aromatic heterocycles. The van der Waals surface area contributed by atoms with Crippen LogP contribution in [0.1, 0.15) is 47.9 Å². The Morgan fingerprint density at radius 1 is 1.14 bits per heavy atom. The van der Waals surface area contributed by atoms with Crippen LogP contribution in [0, 0.1) is 0 Å². The lowest BCUT2D eigenvalue weighted by Gasteiger charge is -2.18. The van der Waals surface area contributed by atoms with Crippen LogP contribution >= 0.6 is 0 Å². The molecule has 0 aliphatic carbocycles. The number of ether oxygens (including phenoxy) is 2. The standard InChI is InChI=1S/C19H22N2O7/c1-4-9(3)28-11-7-6-10(8-12(11)27-5-2)13-14(18(23)24)16(20)21-17(22)15(13)19(25)26/h6-9H,4-5H2,1-3H3,(H,23,24)(H,25,26)(H3,20,21,22). The van der Waals surface area contributed by atoms with Crippen LogP contribution in [0.3, 0.4) is 0 Å². The van der Waals surface area contributed by atoms with E-state index in [-0.39, 0.29) is 17.2 Å². The molecular formula is C19H22N2O7. The molecule has 28 heavy (non-hydrogen) atoms. The zero-order valence-corrected chi connectivity index (χ0v) is 15.7. The molecule has 0 aliphatic heterocycles. The molecule has 0 saturated carbocycles. The SMILES string of the molecule is CCOc1cc(-c2c(C(=O)O)c(N)[nH]c(=O)c2C(=O)O)ccc1OC(C)CC. The number of rotatable bonds is 8. The van der Waals surface area contributed by atoms with Gasteiger partial charge in [-0.3, -0.25) is 4.79 Å². The molecule has 0 fully saturated rings. The molecule has 5 N–H and O–H groups in total. The predicted octanol–water partition coefficient (Wildman–Crippen LogP) is 2.60. The summed E-state index contributed by atoms with van der Waals surface area (Å²) in [7, 11) is 0. The zero-order chi connectivity index (χ0) is 21.0. The fourth-order valence-corrected chi connectivity index (χ4v) is 2.66. The fourth-order valence-electron chi connectivity index (χ4n) is 2.66. The number of H-pyrrole nitrogens is 1. The van der Waals surface area contributed by atoms with E-state index in [9.17, 15) is 24.6 Å². The van der Waals surface area contributed by atoms with Crippen LogP contribution < -0.4 is 20.8 Å². The van der Waals surface area contributed by atoms with Crippen LogP contribution in [0.5, 0.6) is 11.5 Å². The number of carboxylic acids is 2. The molecule has 9 nitrogen and oxygen atoms in total. The van der Waals surface area contributed by atoms with Gasteiger partial charge in [0.25, 0.3) is 5.56 Å². The Bertz CT molecular complexity index is 965. The quantitative estimate of drug-likeness (QED) is 0.537. The second kappa shape index (κ2) is 8.47. The molecule has 9 heteroatoms. The van der Waals surface area contributed by atoms with Crippen LogP contribution in [0.15, 0.2) is 23.0 Å². The van der Waals surface area contributed by atoms with Crippen molar-refractivity contribution in [1.82, 2.24) is 4.98 Å². The molecule has 150 valence electrons. The topological polar surface area (TPSA) is 152 Å². The highest BCUT2D eigenvalue weighted by atomic mass is 16.5. The van der Waals surface area contributed by atoms with Gasteiger partial charge in [0, 0.05) is 5.56 Å². The number of nitrogen functional groups attached to an aromatic ring is 1. The third-order valence-electron chi connectivity index (χ3n) is 4.11. The van der Waals surface area contributed by atoms with Crippen LogP contribution in [-0.4, -0.2) is 39.8 Å². The molecule has 0 saturated heterocycles. The van der Waals surface area contributed by atoms with Gasteiger partial charge in [0.1, 0.15) is 16.9 Å². The van der Waals surface area contributed by atoms with E-state index >= 15 is 0 Å². The van der Waals surface area contributed by atoms with E-state index in [0.29, 0.717) is 18.1 Å². The molecule has 1 aromatic carbocycles. The molecule has 0 spiro atoms. The third kappa shape index (κ3) is 4.08. The van der Waals surface area contributed by atoms with Crippen molar-refractivity contribution in [3.63, 3.8) is 0 Å². The summed E-state index contributed by atoms with van der Waals surface area (Å²) in [6.45, 7) is 5.90. The lowest BCUT2D eigenvalue weighted by atomic mass is 9.95. The highest BCUT2D eigenvalue weighted by Gasteiger charge is 2.27. The van der Waals surface area contributed by atoms with Crippen LogP contribution in [-0.2, 0) is 0 Å². The van der Waals surface area contributed by atoms with Gasteiger partial charge in [-0.25, -0.2) is 9.59 Å². The fraction of sp³-hybridized carbons (Fsp3) is 0.316. The van der Waals surface area contributed by atoms with Gasteiger partial charge in [-0.2, -0.15) is 0 Å². The van der Waals surface area contributed by atoms with Crippen molar-refractivity contribution in [3.05, 3.63) is 39.7 Å². The number of aromatic amines is 1. The maximum atomic E-state index is 12.1. The van der Waals surface area contributed by atoms with Crippen molar-refractivity contribution < 1.29 is 29.3 Å². The summed E-state index contributed by atoms with van der Waals surface area (Å²) >= 11 is 0. The molecular weight excluding hydrogens is 368 g/mol. The minimum Gasteiger partial charge on any atom is -0.490 e. The zero-order valence-electron chi connectivity index (χ0n) is 15.7. The van der Waals surface area contributed by atoms with E-state index in [1.807, 2.05) is 13.8 Å². The first-order valence-corrected chi connectivity index (χ1v) is 8.67. The van der Waals surface area contributed by atoms with E-state index in [4.69, 9.17) is 15.2 Å². The Morgan fingerprint density at radius 2 is 1.79 bits per heavy atom. The van der Waals surface area contributed by atoms with Gasteiger partial charge in [-0.1, -0.05) is 13.0 Å². The summed E-state index contributed by atoms with van der Waals surface area (Å²) in [6.07, 6.45) is 0.661. The molecule has 2 rings (SSSR count). The van der Waals surface area contributed by atoms with Gasteiger partial charge >= 0.3 is 11.9 Å². The van der Waals surface area contributed by atoms with E-state index in [0.717, 1.165) is 6.42 Å². The number of hydrogen-bond donors (Lipinski definition) is 4. The van der Waals surface area contributed by atoms with Crippen molar-refractivity contribution in [3.8, 4) is 22.6 Å². The van der Waals surface area contributed by atoms with Crippen molar-refractivity contribution in [2.75, 3.05) is 12.3 Å². The molecule has 1 unspecified atom stereocenters. The smallest absolute Gasteiger partial charge is 0.342 e. The number of pyridine rings is 1. The number of benzene rings is 1. The number of nitrogens with one attached hydrogen (secondary N) is 1. The van der Waals surface area contributed by atoms with E-state index in [1.54, 1.807) is 13.0 Å². The number of aromatic carboxylic acids is 2. The Labute approximate surface area is 160 Å². The maximum absolute atomic E-state index is 12.1. The van der Waals surface area contributed by atoms with Gasteiger partial charge in [0.15, 0.2) is 11.5 Å². The van der Waals surface area contributed by atoms with Crippen molar-refractivity contribution in [1.29, 1.82) is 0 Å². The number of carboxylic acid groups (broad SMARTS) is 2. The van der Waals surface area contributed by atoms with Gasteiger partial charge < -0.3 is 30.4 Å². The first-order valence-electron chi connectivity index (χ1n) is 8.67. The molecule has 0 radical (unpaired) electrons. The third-order valence-corrected chi connectivity index (χ3v) is 4.11. The van der Waals surface area contributed by atoms with E-state index in [2.05, 4.69) is 4.98 Å². The van der Waals surface area contributed by atoms with Crippen LogP contribution in [0.4, 0.5) is 5.82 Å². The minimum absolute atomic E-state index is 0.0931. The maximum Gasteiger partial charge on any atom is 0.342 e. The molecule has 2 aromatic rings. The summed E-state index contributed by atoms with van der Waals surface area (Å²) in [4.78, 5) is 37.6. The Morgan fingerprint density at radius 3 is 2.32 bits per heavy atom. The lowest BCUT2D eigenvalue weighted by molar-refractivity contribution is 0.0695. The molecule has 0 bridgehead atoms. The van der Waals surface area contributed by atoms with Gasteiger partial charge in [0.05, 0.1) is 12.7 Å². The normalized spacial score (nSPS) is 11.7. The largest absolute Gasteiger partial charge is 0.490 e. The number of carbonyl (C=O) groups is 2. The van der Waals surface area contributed by atoms with Crippen LogP contribution in [0.25, 0.3) is 11.1 Å². The number of nitrogens with two attached hydrogens (primary N) is 1. The summed E-state index contributed by atoms with van der Waals surface area (Å²) in [5, 5.41) is 19.0. The predicted molar refractivity (Wildman–Crippen MR) is 102 cm³/mol. The first-order chi connectivity index (χ1) is 13.2. The van der Waals surface area contributed by atoms with Crippen molar-refractivity contribution >= 4 is 17.8 Å². The minimum atomic E-state index is -1.57. The summed E-state index contributed by atoms with van der Waals surface area (Å²) in [5.41, 5.74) is 3.30. The average Bonchev–Trinajstić information content (AvgIpc) is 2.61. The van der Waals surface area contributed by atoms with E-state index < -0.39 is 34.4 Å². The summed E-state index contributed by atoms with van der Waals surface area (Å²) < 4.78 is 11.4. The summed E-state index contributed by atoms with van der Waals surface area (Å²) in [6, 6.07) is 4.45. The molecule has 1 atom stereocenters. The summed E-state index contributed by atoms with van der Waals surface area (Å²) in [5.74, 6) is -2.76. The Kier molecular flexibility index (Phi) is 6.29. The number of aromatic nitrogens is 1.